The molecule has 0 spiro atoms. The van der Waals surface area contributed by atoms with Crippen molar-refractivity contribution in [3.05, 3.63) is 30.3 Å². The largest absolute Gasteiger partial charge is 0.326 e. The summed E-state index contributed by atoms with van der Waals surface area (Å²) in [4.78, 5) is 12.0. The second-order valence-corrected chi connectivity index (χ2v) is 4.35. The van der Waals surface area contributed by atoms with Gasteiger partial charge in [-0.1, -0.05) is 18.2 Å². The van der Waals surface area contributed by atoms with Crippen molar-refractivity contribution in [2.24, 2.45) is 5.92 Å². The molecule has 2 rings (SSSR count). The highest BCUT2D eigenvalue weighted by Crippen LogP contribution is 2.18. The summed E-state index contributed by atoms with van der Waals surface area (Å²) in [5.41, 5.74) is 0.880. The Labute approximate surface area is 96.2 Å². The van der Waals surface area contributed by atoms with Gasteiger partial charge in [-0.05, 0) is 38.4 Å². The molecule has 0 aliphatic carbocycles. The molecule has 0 saturated carbocycles. The number of hydrogen-bond acceptors (Lipinski definition) is 2. The quantitative estimate of drug-likeness (QED) is 0.797. The first-order valence-corrected chi connectivity index (χ1v) is 5.86. The number of anilines is 1. The lowest BCUT2D eigenvalue weighted by molar-refractivity contribution is -0.121. The molecule has 0 bridgehead atoms. The van der Waals surface area contributed by atoms with E-state index in [1.165, 1.54) is 0 Å². The van der Waals surface area contributed by atoms with E-state index in [0.717, 1.165) is 25.1 Å². The molecule has 1 aliphatic rings. The minimum absolute atomic E-state index is 0.0916. The van der Waals surface area contributed by atoms with Crippen LogP contribution in [0.1, 0.15) is 19.8 Å². The molecule has 2 atom stereocenters. The third-order valence-electron chi connectivity index (χ3n) is 3.14. The molecular formula is C13H18N2O. The maximum atomic E-state index is 12.0. The molecule has 1 aromatic carbocycles. The van der Waals surface area contributed by atoms with E-state index in [2.05, 4.69) is 17.6 Å². The Morgan fingerprint density at radius 3 is 2.81 bits per heavy atom. The van der Waals surface area contributed by atoms with Gasteiger partial charge in [-0.25, -0.2) is 0 Å². The van der Waals surface area contributed by atoms with Crippen LogP contribution in [0.25, 0.3) is 0 Å². The molecule has 2 unspecified atom stereocenters. The van der Waals surface area contributed by atoms with Gasteiger partial charge in [-0.3, -0.25) is 4.79 Å². The van der Waals surface area contributed by atoms with Gasteiger partial charge in [-0.15, -0.1) is 0 Å². The van der Waals surface area contributed by atoms with Gasteiger partial charge in [-0.2, -0.15) is 0 Å². The molecule has 16 heavy (non-hydrogen) atoms. The normalized spacial score (nSPS) is 25.1. The predicted molar refractivity (Wildman–Crippen MR) is 65.3 cm³/mol. The fraction of sp³-hybridized carbons (Fsp3) is 0.462. The van der Waals surface area contributed by atoms with Crippen molar-refractivity contribution in [1.29, 1.82) is 0 Å². The molecule has 2 N–H and O–H groups in total. The van der Waals surface area contributed by atoms with Crippen molar-refractivity contribution in [1.82, 2.24) is 5.32 Å². The van der Waals surface area contributed by atoms with Crippen molar-refractivity contribution in [3.8, 4) is 0 Å². The second kappa shape index (κ2) is 5.12. The van der Waals surface area contributed by atoms with Crippen LogP contribution in [0.5, 0.6) is 0 Å². The van der Waals surface area contributed by atoms with Crippen molar-refractivity contribution < 1.29 is 4.79 Å². The number of piperidine rings is 1. The van der Waals surface area contributed by atoms with Crippen LogP contribution in [0.2, 0.25) is 0 Å². The first-order valence-electron chi connectivity index (χ1n) is 5.86. The number of carbonyl (C=O) groups is 1. The van der Waals surface area contributed by atoms with Crippen LogP contribution < -0.4 is 10.6 Å². The summed E-state index contributed by atoms with van der Waals surface area (Å²) in [7, 11) is 0. The van der Waals surface area contributed by atoms with Crippen LogP contribution in [-0.2, 0) is 4.79 Å². The monoisotopic (exact) mass is 218 g/mol. The Bertz CT molecular complexity index is 350. The maximum Gasteiger partial charge on any atom is 0.229 e. The zero-order valence-electron chi connectivity index (χ0n) is 9.57. The summed E-state index contributed by atoms with van der Waals surface area (Å²) in [6.45, 7) is 3.10. The highest BCUT2D eigenvalue weighted by Gasteiger charge is 2.27. The molecule has 3 nitrogen and oxygen atoms in total. The van der Waals surface area contributed by atoms with Crippen molar-refractivity contribution in [2.45, 2.75) is 25.8 Å². The topological polar surface area (TPSA) is 41.1 Å². The molecular weight excluding hydrogens is 200 g/mol. The molecule has 3 heteroatoms. The maximum absolute atomic E-state index is 12.0. The fourth-order valence-corrected chi connectivity index (χ4v) is 2.16. The first kappa shape index (κ1) is 11.1. The number of nitrogens with one attached hydrogen (secondary N) is 2. The number of para-hydroxylation sites is 1. The van der Waals surface area contributed by atoms with E-state index in [1.54, 1.807) is 0 Å². The smallest absolute Gasteiger partial charge is 0.229 e. The van der Waals surface area contributed by atoms with Crippen LogP contribution in [-0.4, -0.2) is 18.5 Å². The lowest BCUT2D eigenvalue weighted by Crippen LogP contribution is -2.44. The lowest BCUT2D eigenvalue weighted by Gasteiger charge is -2.28. The molecule has 1 heterocycles. The molecule has 86 valence electrons. The van der Waals surface area contributed by atoms with Crippen molar-refractivity contribution >= 4 is 11.6 Å². The summed E-state index contributed by atoms with van der Waals surface area (Å²) < 4.78 is 0. The highest BCUT2D eigenvalue weighted by atomic mass is 16.1. The van der Waals surface area contributed by atoms with E-state index in [1.807, 2.05) is 30.3 Å². The third kappa shape index (κ3) is 2.61. The van der Waals surface area contributed by atoms with Gasteiger partial charge in [0.25, 0.3) is 0 Å². The number of rotatable bonds is 2. The average molecular weight is 218 g/mol. The Morgan fingerprint density at radius 2 is 2.12 bits per heavy atom. The minimum atomic E-state index is 0.0916. The van der Waals surface area contributed by atoms with Crippen molar-refractivity contribution in [2.75, 3.05) is 11.9 Å². The highest BCUT2D eigenvalue weighted by molar-refractivity contribution is 5.93. The molecule has 0 aromatic heterocycles. The zero-order valence-corrected chi connectivity index (χ0v) is 9.57. The van der Waals surface area contributed by atoms with Crippen molar-refractivity contribution in [3.63, 3.8) is 0 Å². The van der Waals surface area contributed by atoms with Gasteiger partial charge in [0.15, 0.2) is 0 Å². The molecule has 1 fully saturated rings. The Kier molecular flexibility index (Phi) is 3.57. The average Bonchev–Trinajstić information content (AvgIpc) is 2.31. The Hall–Kier alpha value is -1.35. The van der Waals surface area contributed by atoms with E-state index < -0.39 is 0 Å². The summed E-state index contributed by atoms with van der Waals surface area (Å²) in [6, 6.07) is 9.91. The molecule has 0 radical (unpaired) electrons. The molecule has 1 amide bonds. The van der Waals surface area contributed by atoms with Gasteiger partial charge < -0.3 is 10.6 Å². The molecule has 1 saturated heterocycles. The van der Waals surface area contributed by atoms with E-state index in [4.69, 9.17) is 0 Å². The van der Waals surface area contributed by atoms with Gasteiger partial charge in [0, 0.05) is 11.7 Å². The van der Waals surface area contributed by atoms with Crippen LogP contribution in [0, 0.1) is 5.92 Å². The van der Waals surface area contributed by atoms with Crippen LogP contribution in [0.15, 0.2) is 30.3 Å². The van der Waals surface area contributed by atoms with E-state index >= 15 is 0 Å². The molecule has 1 aliphatic heterocycles. The standard InChI is InChI=1S/C13H18N2O/c1-10-12(8-5-9-14-10)13(16)15-11-6-3-2-4-7-11/h2-4,6-7,10,12,14H,5,8-9H2,1H3,(H,15,16). The lowest BCUT2D eigenvalue weighted by atomic mass is 9.91. The van der Waals surface area contributed by atoms with Crippen LogP contribution in [0.3, 0.4) is 0 Å². The summed E-state index contributed by atoms with van der Waals surface area (Å²) in [5.74, 6) is 0.222. The minimum Gasteiger partial charge on any atom is -0.326 e. The summed E-state index contributed by atoms with van der Waals surface area (Å²) >= 11 is 0. The summed E-state index contributed by atoms with van der Waals surface area (Å²) in [5, 5.41) is 6.30. The number of amides is 1. The number of benzene rings is 1. The first-order chi connectivity index (χ1) is 7.77. The Morgan fingerprint density at radius 1 is 1.38 bits per heavy atom. The number of carbonyl (C=O) groups excluding carboxylic acids is 1. The van der Waals surface area contributed by atoms with Gasteiger partial charge in [0.05, 0.1) is 5.92 Å². The van der Waals surface area contributed by atoms with Gasteiger partial charge in [0.2, 0.25) is 5.91 Å². The van der Waals surface area contributed by atoms with Crippen LogP contribution in [0.4, 0.5) is 5.69 Å². The number of hydrogen-bond donors (Lipinski definition) is 2. The van der Waals surface area contributed by atoms with E-state index in [-0.39, 0.29) is 17.9 Å². The van der Waals surface area contributed by atoms with Gasteiger partial charge in [0.1, 0.15) is 0 Å². The second-order valence-electron chi connectivity index (χ2n) is 4.35. The zero-order chi connectivity index (χ0) is 11.4. The predicted octanol–water partition coefficient (Wildman–Crippen LogP) is 2.01. The Balaban J connectivity index is 1.97. The SMILES string of the molecule is CC1NCCCC1C(=O)Nc1ccccc1. The van der Waals surface area contributed by atoms with Gasteiger partial charge >= 0.3 is 0 Å². The van der Waals surface area contributed by atoms with E-state index in [0.29, 0.717) is 0 Å². The van der Waals surface area contributed by atoms with E-state index in [9.17, 15) is 4.79 Å². The third-order valence-corrected chi connectivity index (χ3v) is 3.14. The van der Waals surface area contributed by atoms with Crippen LogP contribution >= 0.6 is 0 Å². The summed E-state index contributed by atoms with van der Waals surface area (Å²) in [6.07, 6.45) is 2.06. The fourth-order valence-electron chi connectivity index (χ4n) is 2.16. The molecule has 1 aromatic rings.